The molecule has 100 valence electrons. The van der Waals surface area contributed by atoms with E-state index < -0.39 is 5.82 Å². The number of nitrogen functional groups attached to an aromatic ring is 1. The van der Waals surface area contributed by atoms with Crippen molar-refractivity contribution in [3.05, 3.63) is 59.7 Å². The number of nitrogens with two attached hydrogens (primary N) is 1. The molecule has 4 heteroatoms. The summed E-state index contributed by atoms with van der Waals surface area (Å²) in [5.41, 5.74) is 7.51. The second-order valence-electron chi connectivity index (χ2n) is 4.30. The second-order valence-corrected chi connectivity index (χ2v) is 4.30. The number of hydrogen-bond acceptors (Lipinski definition) is 2. The zero-order chi connectivity index (χ0) is 13.8. The Balaban J connectivity index is 2.24. The van der Waals surface area contributed by atoms with Crippen molar-refractivity contribution in [1.82, 2.24) is 0 Å². The third kappa shape index (κ3) is 3.02. The Morgan fingerprint density at radius 1 is 1.05 bits per heavy atom. The summed E-state index contributed by atoms with van der Waals surface area (Å²) in [6.45, 7) is 3.20. The molecule has 0 aliphatic carbocycles. The molecular weight excluding hydrogens is 246 g/mol. The van der Waals surface area contributed by atoms with Gasteiger partial charge in [0.1, 0.15) is 11.6 Å². The predicted molar refractivity (Wildman–Crippen MR) is 73.9 cm³/mol. The molecular formula is C15H16F2N2. The largest absolute Gasteiger partial charge is 0.396 e. The molecule has 0 bridgehead atoms. The van der Waals surface area contributed by atoms with Crippen LogP contribution in [0.1, 0.15) is 12.5 Å². The molecule has 2 rings (SSSR count). The van der Waals surface area contributed by atoms with Crippen molar-refractivity contribution in [2.24, 2.45) is 0 Å². The lowest BCUT2D eigenvalue weighted by Crippen LogP contribution is -2.22. The quantitative estimate of drug-likeness (QED) is 0.853. The lowest BCUT2D eigenvalue weighted by molar-refractivity contribution is 0.627. The molecule has 2 N–H and O–H groups in total. The van der Waals surface area contributed by atoms with Gasteiger partial charge in [-0.15, -0.1) is 0 Å². The van der Waals surface area contributed by atoms with Crippen molar-refractivity contribution < 1.29 is 8.78 Å². The maximum absolute atomic E-state index is 13.4. The minimum atomic E-state index is -0.410. The molecule has 0 amide bonds. The van der Waals surface area contributed by atoms with E-state index in [1.165, 1.54) is 18.2 Å². The van der Waals surface area contributed by atoms with Gasteiger partial charge in [-0.05, 0) is 42.8 Å². The van der Waals surface area contributed by atoms with Crippen molar-refractivity contribution in [2.75, 3.05) is 17.2 Å². The fourth-order valence-corrected chi connectivity index (χ4v) is 1.96. The maximum Gasteiger partial charge on any atom is 0.146 e. The van der Waals surface area contributed by atoms with Crippen LogP contribution in [0.5, 0.6) is 0 Å². The van der Waals surface area contributed by atoms with Crippen LogP contribution in [0.15, 0.2) is 42.5 Å². The molecule has 19 heavy (non-hydrogen) atoms. The van der Waals surface area contributed by atoms with Crippen LogP contribution in [-0.2, 0) is 6.54 Å². The van der Waals surface area contributed by atoms with Crippen LogP contribution in [0.4, 0.5) is 20.2 Å². The first-order chi connectivity index (χ1) is 9.11. The van der Waals surface area contributed by atoms with E-state index in [0.717, 1.165) is 17.8 Å². The third-order valence-corrected chi connectivity index (χ3v) is 3.08. The SMILES string of the molecule is CCN(Cc1cccc(F)c1N)c1ccc(F)cc1. The van der Waals surface area contributed by atoms with Gasteiger partial charge in [0.15, 0.2) is 0 Å². The first kappa shape index (κ1) is 13.3. The summed E-state index contributed by atoms with van der Waals surface area (Å²) in [5, 5.41) is 0. The van der Waals surface area contributed by atoms with Crippen LogP contribution in [-0.4, -0.2) is 6.54 Å². The van der Waals surface area contributed by atoms with Crippen molar-refractivity contribution in [3.63, 3.8) is 0 Å². The Bertz CT molecular complexity index is 553. The lowest BCUT2D eigenvalue weighted by Gasteiger charge is -2.24. The molecule has 2 aromatic carbocycles. The van der Waals surface area contributed by atoms with Crippen LogP contribution in [0, 0.1) is 11.6 Å². The van der Waals surface area contributed by atoms with Gasteiger partial charge in [-0.3, -0.25) is 0 Å². The summed E-state index contributed by atoms with van der Waals surface area (Å²) < 4.78 is 26.3. The van der Waals surface area contributed by atoms with E-state index in [1.807, 2.05) is 11.8 Å². The Labute approximate surface area is 111 Å². The van der Waals surface area contributed by atoms with Gasteiger partial charge < -0.3 is 10.6 Å². The van der Waals surface area contributed by atoms with Gasteiger partial charge >= 0.3 is 0 Å². The minimum absolute atomic E-state index is 0.170. The summed E-state index contributed by atoms with van der Waals surface area (Å²) in [5.74, 6) is -0.683. The zero-order valence-corrected chi connectivity index (χ0v) is 10.7. The van der Waals surface area contributed by atoms with Crippen LogP contribution >= 0.6 is 0 Å². The molecule has 2 aromatic rings. The molecule has 0 aliphatic heterocycles. The maximum atomic E-state index is 13.4. The van der Waals surface area contributed by atoms with E-state index in [1.54, 1.807) is 24.3 Å². The van der Waals surface area contributed by atoms with E-state index in [2.05, 4.69) is 0 Å². The highest BCUT2D eigenvalue weighted by Crippen LogP contribution is 2.22. The molecule has 0 saturated carbocycles. The standard InChI is InChI=1S/C15H16F2N2/c1-2-19(13-8-6-12(16)7-9-13)10-11-4-3-5-14(17)15(11)18/h3-9H,2,10,18H2,1H3. The van der Waals surface area contributed by atoms with Gasteiger partial charge in [0.25, 0.3) is 0 Å². The van der Waals surface area contributed by atoms with E-state index >= 15 is 0 Å². The summed E-state index contributed by atoms with van der Waals surface area (Å²) in [6.07, 6.45) is 0. The Morgan fingerprint density at radius 3 is 2.37 bits per heavy atom. The molecule has 0 aromatic heterocycles. The van der Waals surface area contributed by atoms with Gasteiger partial charge in [-0.1, -0.05) is 12.1 Å². The van der Waals surface area contributed by atoms with Gasteiger partial charge in [-0.2, -0.15) is 0 Å². The van der Waals surface area contributed by atoms with Gasteiger partial charge in [-0.25, -0.2) is 8.78 Å². The van der Waals surface area contributed by atoms with E-state index in [4.69, 9.17) is 5.73 Å². The fourth-order valence-electron chi connectivity index (χ4n) is 1.96. The van der Waals surface area contributed by atoms with Crippen molar-refractivity contribution in [1.29, 1.82) is 0 Å². The van der Waals surface area contributed by atoms with Crippen LogP contribution in [0.2, 0.25) is 0 Å². The fraction of sp³-hybridized carbons (Fsp3) is 0.200. The monoisotopic (exact) mass is 262 g/mol. The number of halogens is 2. The third-order valence-electron chi connectivity index (χ3n) is 3.08. The summed E-state index contributed by atoms with van der Waals surface area (Å²) in [6, 6.07) is 11.0. The highest BCUT2D eigenvalue weighted by atomic mass is 19.1. The summed E-state index contributed by atoms with van der Waals surface area (Å²) in [7, 11) is 0. The minimum Gasteiger partial charge on any atom is -0.396 e. The summed E-state index contributed by atoms with van der Waals surface area (Å²) >= 11 is 0. The molecule has 0 saturated heterocycles. The Morgan fingerprint density at radius 2 is 1.74 bits per heavy atom. The van der Waals surface area contributed by atoms with Gasteiger partial charge in [0.05, 0.1) is 5.69 Å². The average molecular weight is 262 g/mol. The summed E-state index contributed by atoms with van der Waals surface area (Å²) in [4.78, 5) is 2.00. The van der Waals surface area contributed by atoms with E-state index in [0.29, 0.717) is 6.54 Å². The van der Waals surface area contributed by atoms with Crippen molar-refractivity contribution >= 4 is 11.4 Å². The molecule has 0 heterocycles. The number of benzene rings is 2. The molecule has 0 unspecified atom stereocenters. The number of rotatable bonds is 4. The first-order valence-corrected chi connectivity index (χ1v) is 6.15. The zero-order valence-electron chi connectivity index (χ0n) is 10.7. The molecule has 0 aliphatic rings. The van der Waals surface area contributed by atoms with Crippen LogP contribution in [0.3, 0.4) is 0 Å². The van der Waals surface area contributed by atoms with Gasteiger partial charge in [0, 0.05) is 18.8 Å². The van der Waals surface area contributed by atoms with Crippen LogP contribution < -0.4 is 10.6 Å². The van der Waals surface area contributed by atoms with E-state index in [-0.39, 0.29) is 11.5 Å². The lowest BCUT2D eigenvalue weighted by atomic mass is 10.1. The molecule has 0 fully saturated rings. The van der Waals surface area contributed by atoms with Gasteiger partial charge in [0.2, 0.25) is 0 Å². The van der Waals surface area contributed by atoms with Crippen molar-refractivity contribution in [3.8, 4) is 0 Å². The average Bonchev–Trinajstić information content (AvgIpc) is 2.42. The van der Waals surface area contributed by atoms with Crippen molar-refractivity contribution in [2.45, 2.75) is 13.5 Å². The number of anilines is 2. The highest BCUT2D eigenvalue weighted by Gasteiger charge is 2.10. The Hall–Kier alpha value is -2.10. The predicted octanol–water partition coefficient (Wildman–Crippen LogP) is 3.57. The number of hydrogen-bond donors (Lipinski definition) is 1. The number of para-hydroxylation sites is 1. The topological polar surface area (TPSA) is 29.3 Å². The molecule has 0 atom stereocenters. The van der Waals surface area contributed by atoms with Crippen LogP contribution in [0.25, 0.3) is 0 Å². The molecule has 0 radical (unpaired) electrons. The van der Waals surface area contributed by atoms with E-state index in [9.17, 15) is 8.78 Å². The smallest absolute Gasteiger partial charge is 0.146 e. The Kier molecular flexibility index (Phi) is 4.00. The number of nitrogens with zero attached hydrogens (tertiary/aromatic N) is 1. The highest BCUT2D eigenvalue weighted by molar-refractivity contribution is 5.52. The second kappa shape index (κ2) is 5.69. The normalized spacial score (nSPS) is 10.5. The first-order valence-electron chi connectivity index (χ1n) is 6.15. The molecule has 2 nitrogen and oxygen atoms in total. The molecule has 0 spiro atoms.